The van der Waals surface area contributed by atoms with Gasteiger partial charge in [0.2, 0.25) is 5.69 Å². The van der Waals surface area contributed by atoms with Gasteiger partial charge < -0.3 is 4.42 Å². The van der Waals surface area contributed by atoms with E-state index in [1.165, 1.54) is 29.5 Å². The molecule has 0 fully saturated rings. The van der Waals surface area contributed by atoms with Crippen LogP contribution in [0.4, 0.5) is 0 Å². The maximum Gasteiger partial charge on any atom is 0.216 e. The van der Waals surface area contributed by atoms with Gasteiger partial charge in [-0.15, -0.1) is 0 Å². The number of fused-ring (bicyclic) bond motifs is 4. The molecule has 33 heavy (non-hydrogen) atoms. The van der Waals surface area contributed by atoms with E-state index in [2.05, 4.69) is 73.3 Å². The fourth-order valence-corrected chi connectivity index (χ4v) is 5.37. The van der Waals surface area contributed by atoms with Crippen molar-refractivity contribution in [2.24, 2.45) is 7.05 Å². The molecule has 1 aliphatic carbocycles. The van der Waals surface area contributed by atoms with E-state index in [-0.39, 0.29) is 0 Å². The predicted octanol–water partition coefficient (Wildman–Crippen LogP) is 6.80. The van der Waals surface area contributed by atoms with Crippen LogP contribution in [-0.4, -0.2) is 0 Å². The second kappa shape index (κ2) is 7.60. The number of hydrogen-bond donors (Lipinski definition) is 0. The van der Waals surface area contributed by atoms with Crippen molar-refractivity contribution < 1.29 is 8.98 Å². The van der Waals surface area contributed by atoms with Gasteiger partial charge in [-0.2, -0.15) is 5.26 Å². The summed E-state index contributed by atoms with van der Waals surface area (Å²) in [5, 5.41) is 12.1. The van der Waals surface area contributed by atoms with E-state index in [1.54, 1.807) is 0 Å². The lowest BCUT2D eigenvalue weighted by Gasteiger charge is -2.17. The van der Waals surface area contributed by atoms with Crippen LogP contribution in [0.1, 0.15) is 35.1 Å². The molecular weight excluding hydrogens is 404 g/mol. The summed E-state index contributed by atoms with van der Waals surface area (Å²) >= 11 is 0. The van der Waals surface area contributed by atoms with Crippen molar-refractivity contribution in [3.8, 4) is 28.5 Å². The summed E-state index contributed by atoms with van der Waals surface area (Å²) < 4.78 is 8.81. The maximum absolute atomic E-state index is 9.97. The fourth-order valence-electron chi connectivity index (χ4n) is 5.37. The number of nitriles is 1. The van der Waals surface area contributed by atoms with E-state index in [0.717, 1.165) is 57.2 Å². The molecule has 0 aliphatic heterocycles. The van der Waals surface area contributed by atoms with E-state index in [9.17, 15) is 5.26 Å². The van der Waals surface area contributed by atoms with Gasteiger partial charge in [-0.05, 0) is 73.1 Å². The van der Waals surface area contributed by atoms with E-state index in [1.807, 2.05) is 18.2 Å². The third kappa shape index (κ3) is 3.06. The average Bonchev–Trinajstić information content (AvgIpc) is 3.22. The summed E-state index contributed by atoms with van der Waals surface area (Å²) in [4.78, 5) is 0. The molecule has 0 N–H and O–H groups in total. The second-order valence-corrected chi connectivity index (χ2v) is 9.10. The van der Waals surface area contributed by atoms with Crippen molar-refractivity contribution in [3.63, 3.8) is 0 Å². The molecule has 0 bridgehead atoms. The van der Waals surface area contributed by atoms with Gasteiger partial charge in [-0.3, -0.25) is 0 Å². The minimum atomic E-state index is 0.654. The smallest absolute Gasteiger partial charge is 0.216 e. The van der Waals surface area contributed by atoms with Gasteiger partial charge in [0, 0.05) is 28.5 Å². The van der Waals surface area contributed by atoms with Crippen LogP contribution in [0.15, 0.2) is 71.3 Å². The van der Waals surface area contributed by atoms with Gasteiger partial charge in [0.05, 0.1) is 17.2 Å². The summed E-state index contributed by atoms with van der Waals surface area (Å²) in [7, 11) is 2.06. The first kappa shape index (κ1) is 19.8. The minimum absolute atomic E-state index is 0.654. The summed E-state index contributed by atoms with van der Waals surface area (Å²) in [5.41, 5.74) is 10.5. The zero-order valence-corrected chi connectivity index (χ0v) is 19.0. The number of furan rings is 1. The summed E-state index contributed by atoms with van der Waals surface area (Å²) in [6, 6.07) is 23.6. The molecule has 1 aliphatic rings. The lowest BCUT2D eigenvalue weighted by Crippen LogP contribution is -2.30. The molecule has 5 aromatic rings. The molecular formula is C30H25N2O+. The maximum atomic E-state index is 9.97. The van der Waals surface area contributed by atoms with Crippen LogP contribution in [0.5, 0.6) is 0 Å². The highest BCUT2D eigenvalue weighted by atomic mass is 16.3. The zero-order valence-electron chi connectivity index (χ0n) is 19.0. The Morgan fingerprint density at radius 3 is 2.39 bits per heavy atom. The van der Waals surface area contributed by atoms with E-state index in [0.29, 0.717) is 5.56 Å². The van der Waals surface area contributed by atoms with Crippen LogP contribution < -0.4 is 4.57 Å². The van der Waals surface area contributed by atoms with Gasteiger partial charge in [0.25, 0.3) is 0 Å². The number of aromatic nitrogens is 1. The molecule has 0 unspecified atom stereocenters. The number of benzene rings is 3. The minimum Gasteiger partial charge on any atom is -0.454 e. The Balaban J connectivity index is 1.68. The molecule has 0 amide bonds. The third-order valence-electron chi connectivity index (χ3n) is 7.09. The van der Waals surface area contributed by atoms with Gasteiger partial charge in [0.1, 0.15) is 18.2 Å². The Morgan fingerprint density at radius 1 is 0.848 bits per heavy atom. The molecule has 2 heterocycles. The largest absolute Gasteiger partial charge is 0.454 e. The summed E-state index contributed by atoms with van der Waals surface area (Å²) in [6.45, 7) is 2.13. The second-order valence-electron chi connectivity index (χ2n) is 9.10. The van der Waals surface area contributed by atoms with Crippen LogP contribution >= 0.6 is 0 Å². The monoisotopic (exact) mass is 429 g/mol. The average molecular weight is 430 g/mol. The molecule has 0 radical (unpaired) electrons. The molecule has 6 rings (SSSR count). The molecule has 0 spiro atoms. The highest BCUT2D eigenvalue weighted by Gasteiger charge is 2.23. The molecule has 3 aromatic carbocycles. The zero-order chi connectivity index (χ0) is 22.5. The van der Waals surface area contributed by atoms with Gasteiger partial charge in [-0.25, -0.2) is 4.57 Å². The van der Waals surface area contributed by atoms with E-state index < -0.39 is 0 Å². The van der Waals surface area contributed by atoms with Gasteiger partial charge in [-0.1, -0.05) is 30.3 Å². The van der Waals surface area contributed by atoms with Crippen molar-refractivity contribution in [3.05, 3.63) is 89.1 Å². The molecule has 160 valence electrons. The highest BCUT2D eigenvalue weighted by molar-refractivity contribution is 6.14. The quantitative estimate of drug-likeness (QED) is 0.289. The van der Waals surface area contributed by atoms with E-state index >= 15 is 0 Å². The highest BCUT2D eigenvalue weighted by Crippen LogP contribution is 2.42. The van der Waals surface area contributed by atoms with E-state index in [4.69, 9.17) is 4.42 Å². The van der Waals surface area contributed by atoms with Crippen LogP contribution in [0.25, 0.3) is 44.3 Å². The third-order valence-corrected chi connectivity index (χ3v) is 7.09. The number of pyridine rings is 1. The van der Waals surface area contributed by atoms with Crippen molar-refractivity contribution >= 4 is 21.9 Å². The first-order valence-electron chi connectivity index (χ1n) is 11.6. The van der Waals surface area contributed by atoms with Crippen LogP contribution in [0.3, 0.4) is 0 Å². The molecule has 2 aromatic heterocycles. The summed E-state index contributed by atoms with van der Waals surface area (Å²) in [5.74, 6) is 0. The first-order valence-corrected chi connectivity index (χ1v) is 11.6. The number of nitrogens with zero attached hydrogens (tertiary/aromatic N) is 2. The normalized spacial score (nSPS) is 13.2. The molecule has 0 saturated carbocycles. The Bertz CT molecular complexity index is 1600. The molecule has 3 heteroatoms. The summed E-state index contributed by atoms with van der Waals surface area (Å²) in [6.07, 6.45) is 6.80. The standard InChI is InChI=1S/C30H25N2O/c1-19-10-14-24-25-15-13-23(18-31)28(22-12-11-20-7-3-4-8-21(20)17-22)30(25)33-29(24)27(19)26-9-5-6-16-32(26)2/h5-6,9-17H,3-4,7-8H2,1-2H3/q+1. The van der Waals surface area contributed by atoms with Crippen LogP contribution in [0, 0.1) is 18.3 Å². The Morgan fingerprint density at radius 2 is 1.61 bits per heavy atom. The van der Waals surface area contributed by atoms with Crippen molar-refractivity contribution in [2.45, 2.75) is 32.6 Å². The Labute approximate surface area is 193 Å². The lowest BCUT2D eigenvalue weighted by molar-refractivity contribution is -0.660. The Kier molecular flexibility index (Phi) is 4.55. The molecule has 0 saturated heterocycles. The number of aryl methyl sites for hydroxylation is 4. The SMILES string of the molecule is Cc1ccc2c(oc3c(-c4ccc5c(c4)CCCC5)c(C#N)ccc32)c1-c1cccc[n+]1C. The van der Waals surface area contributed by atoms with Crippen molar-refractivity contribution in [1.29, 1.82) is 5.26 Å². The molecule has 3 nitrogen and oxygen atoms in total. The number of hydrogen-bond acceptors (Lipinski definition) is 2. The van der Waals surface area contributed by atoms with Crippen LogP contribution in [0.2, 0.25) is 0 Å². The van der Waals surface area contributed by atoms with Gasteiger partial charge >= 0.3 is 0 Å². The Hall–Kier alpha value is -3.90. The first-order chi connectivity index (χ1) is 16.2. The van der Waals surface area contributed by atoms with Gasteiger partial charge in [0.15, 0.2) is 6.20 Å². The topological polar surface area (TPSA) is 40.8 Å². The lowest BCUT2D eigenvalue weighted by atomic mass is 9.88. The number of rotatable bonds is 2. The molecule has 0 atom stereocenters. The predicted molar refractivity (Wildman–Crippen MR) is 132 cm³/mol. The van der Waals surface area contributed by atoms with Crippen molar-refractivity contribution in [1.82, 2.24) is 0 Å². The van der Waals surface area contributed by atoms with Crippen LogP contribution in [-0.2, 0) is 19.9 Å². The fraction of sp³-hybridized carbons (Fsp3) is 0.200. The van der Waals surface area contributed by atoms with Crippen molar-refractivity contribution in [2.75, 3.05) is 0 Å².